The first-order valence-corrected chi connectivity index (χ1v) is 8.51. The number of ether oxygens (including phenoxy) is 1. The Balaban J connectivity index is 1.76. The Morgan fingerprint density at radius 1 is 1.26 bits per heavy atom. The lowest BCUT2D eigenvalue weighted by atomic mass is 10.1. The molecule has 1 saturated carbocycles. The highest BCUT2D eigenvalue weighted by Gasteiger charge is 2.47. The third-order valence-corrected chi connectivity index (χ3v) is 4.87. The molecule has 5 nitrogen and oxygen atoms in total. The van der Waals surface area contributed by atoms with Crippen molar-refractivity contribution in [3.8, 4) is 5.75 Å². The van der Waals surface area contributed by atoms with Gasteiger partial charge in [-0.2, -0.15) is 0 Å². The molecule has 0 aliphatic heterocycles. The highest BCUT2D eigenvalue weighted by atomic mass is 35.5. The third-order valence-electron chi connectivity index (χ3n) is 4.54. The number of carbonyl (C=O) groups excluding carboxylic acids is 1. The van der Waals surface area contributed by atoms with Crippen LogP contribution in [0.25, 0.3) is 0 Å². The van der Waals surface area contributed by atoms with Gasteiger partial charge in [-0.15, -0.1) is 0 Å². The number of carboxylic acid groups (broad SMARTS) is 1. The summed E-state index contributed by atoms with van der Waals surface area (Å²) in [5, 5.41) is 12.0. The van der Waals surface area contributed by atoms with Crippen molar-refractivity contribution >= 4 is 23.5 Å². The first-order valence-electron chi connectivity index (χ1n) is 8.14. The number of aliphatic carboxylic acids is 1. The normalized spacial score (nSPS) is 19.3. The Morgan fingerprint density at radius 3 is 2.59 bits per heavy atom. The fourth-order valence-electron chi connectivity index (χ4n) is 3.07. The van der Waals surface area contributed by atoms with Gasteiger partial charge in [-0.25, -0.2) is 13.6 Å². The van der Waals surface area contributed by atoms with Gasteiger partial charge in [0.05, 0.1) is 7.11 Å². The van der Waals surface area contributed by atoms with Crippen molar-refractivity contribution in [1.29, 1.82) is 0 Å². The molecule has 1 aliphatic carbocycles. The fourth-order valence-corrected chi connectivity index (χ4v) is 3.37. The lowest BCUT2D eigenvalue weighted by Gasteiger charge is -2.16. The summed E-state index contributed by atoms with van der Waals surface area (Å²) in [6.45, 7) is 0. The summed E-state index contributed by atoms with van der Waals surface area (Å²) in [6, 6.07) is 6.47. The monoisotopic (exact) mass is 395 g/mol. The molecular formula is C19H16ClF2NO4. The maximum absolute atomic E-state index is 14.0. The number of nitrogens with one attached hydrogen (secondary N) is 1. The largest absolute Gasteiger partial charge is 0.494 e. The SMILES string of the molecule is COc1ccc(C(NC(=O)C2CC2c2c(F)cccc2Cl)C(=O)O)cc1F. The first-order chi connectivity index (χ1) is 12.8. The molecule has 0 heterocycles. The molecule has 3 unspecified atom stereocenters. The van der Waals surface area contributed by atoms with Crippen LogP contribution in [0.3, 0.4) is 0 Å². The molecule has 1 aliphatic rings. The summed E-state index contributed by atoms with van der Waals surface area (Å²) in [5.74, 6) is -4.18. The van der Waals surface area contributed by atoms with E-state index in [9.17, 15) is 23.5 Å². The van der Waals surface area contributed by atoms with Gasteiger partial charge in [-0.1, -0.05) is 23.7 Å². The van der Waals surface area contributed by atoms with Crippen LogP contribution in [-0.2, 0) is 9.59 Å². The van der Waals surface area contributed by atoms with E-state index in [0.717, 1.165) is 6.07 Å². The van der Waals surface area contributed by atoms with Crippen molar-refractivity contribution in [3.05, 3.63) is 64.2 Å². The van der Waals surface area contributed by atoms with Gasteiger partial charge < -0.3 is 15.2 Å². The molecule has 2 aromatic rings. The average molecular weight is 396 g/mol. The lowest BCUT2D eigenvalue weighted by Crippen LogP contribution is -2.35. The summed E-state index contributed by atoms with van der Waals surface area (Å²) in [7, 11) is 1.29. The number of halogens is 3. The Bertz CT molecular complexity index is 885. The van der Waals surface area contributed by atoms with E-state index in [4.69, 9.17) is 16.3 Å². The van der Waals surface area contributed by atoms with Gasteiger partial charge in [0.2, 0.25) is 5.91 Å². The Morgan fingerprint density at radius 2 is 2.00 bits per heavy atom. The second-order valence-electron chi connectivity index (χ2n) is 6.26. The Hall–Kier alpha value is -2.67. The Kier molecular flexibility index (Phi) is 5.32. The molecule has 1 fully saturated rings. The zero-order chi connectivity index (χ0) is 19.7. The zero-order valence-electron chi connectivity index (χ0n) is 14.2. The number of hydrogen-bond acceptors (Lipinski definition) is 3. The zero-order valence-corrected chi connectivity index (χ0v) is 15.0. The summed E-state index contributed by atoms with van der Waals surface area (Å²) >= 11 is 6.01. The second kappa shape index (κ2) is 7.52. The van der Waals surface area contributed by atoms with Gasteiger partial charge in [-0.05, 0) is 36.2 Å². The van der Waals surface area contributed by atoms with E-state index in [2.05, 4.69) is 5.32 Å². The van der Waals surface area contributed by atoms with E-state index >= 15 is 0 Å². The second-order valence-corrected chi connectivity index (χ2v) is 6.67. The molecule has 2 aromatic carbocycles. The van der Waals surface area contributed by atoms with Crippen LogP contribution in [0.15, 0.2) is 36.4 Å². The molecule has 0 aromatic heterocycles. The molecular weight excluding hydrogens is 380 g/mol. The van der Waals surface area contributed by atoms with Gasteiger partial charge >= 0.3 is 5.97 Å². The summed E-state index contributed by atoms with van der Waals surface area (Å²) in [5.41, 5.74) is 0.317. The van der Waals surface area contributed by atoms with Crippen molar-refractivity contribution in [1.82, 2.24) is 5.32 Å². The molecule has 3 atom stereocenters. The maximum Gasteiger partial charge on any atom is 0.330 e. The smallest absolute Gasteiger partial charge is 0.330 e. The highest BCUT2D eigenvalue weighted by Crippen LogP contribution is 2.50. The number of methoxy groups -OCH3 is 1. The molecule has 27 heavy (non-hydrogen) atoms. The number of benzene rings is 2. The summed E-state index contributed by atoms with van der Waals surface area (Å²) in [4.78, 5) is 24.0. The number of amides is 1. The summed E-state index contributed by atoms with van der Waals surface area (Å²) < 4.78 is 32.7. The van der Waals surface area contributed by atoms with E-state index in [1.54, 1.807) is 0 Å². The lowest BCUT2D eigenvalue weighted by molar-refractivity contribution is -0.142. The van der Waals surface area contributed by atoms with E-state index in [1.807, 2.05) is 0 Å². The average Bonchev–Trinajstić information content (AvgIpc) is 3.39. The van der Waals surface area contributed by atoms with Crippen molar-refractivity contribution in [2.45, 2.75) is 18.4 Å². The van der Waals surface area contributed by atoms with Gasteiger partial charge in [-0.3, -0.25) is 4.79 Å². The molecule has 3 rings (SSSR count). The van der Waals surface area contributed by atoms with Crippen LogP contribution in [-0.4, -0.2) is 24.1 Å². The van der Waals surface area contributed by atoms with Crippen LogP contribution in [0.5, 0.6) is 5.75 Å². The maximum atomic E-state index is 14.0. The number of hydrogen-bond donors (Lipinski definition) is 2. The van der Waals surface area contributed by atoms with Crippen LogP contribution >= 0.6 is 11.6 Å². The minimum Gasteiger partial charge on any atom is -0.494 e. The van der Waals surface area contributed by atoms with Gasteiger partial charge in [0, 0.05) is 22.4 Å². The van der Waals surface area contributed by atoms with E-state index < -0.39 is 41.4 Å². The van der Waals surface area contributed by atoms with E-state index in [0.29, 0.717) is 6.42 Å². The van der Waals surface area contributed by atoms with Crippen molar-refractivity contribution in [2.75, 3.05) is 7.11 Å². The van der Waals surface area contributed by atoms with Gasteiger partial charge in [0.1, 0.15) is 5.82 Å². The molecule has 0 radical (unpaired) electrons. The molecule has 142 valence electrons. The topological polar surface area (TPSA) is 75.6 Å². The van der Waals surface area contributed by atoms with Crippen LogP contribution < -0.4 is 10.1 Å². The predicted octanol–water partition coefficient (Wildman–Crippen LogP) is 3.67. The molecule has 1 amide bonds. The van der Waals surface area contributed by atoms with Crippen LogP contribution in [0.1, 0.15) is 29.5 Å². The van der Waals surface area contributed by atoms with Gasteiger partial charge in [0.15, 0.2) is 17.6 Å². The fraction of sp³-hybridized carbons (Fsp3) is 0.263. The van der Waals surface area contributed by atoms with E-state index in [-0.39, 0.29) is 21.9 Å². The summed E-state index contributed by atoms with van der Waals surface area (Å²) in [6.07, 6.45) is 0.357. The quantitative estimate of drug-likeness (QED) is 0.782. The Labute approximate surface area is 158 Å². The molecule has 8 heteroatoms. The third kappa shape index (κ3) is 3.88. The van der Waals surface area contributed by atoms with Crippen LogP contribution in [0.2, 0.25) is 5.02 Å². The molecule has 0 spiro atoms. The van der Waals surface area contributed by atoms with Crippen LogP contribution in [0.4, 0.5) is 8.78 Å². The first kappa shape index (κ1) is 19.1. The van der Waals surface area contributed by atoms with E-state index in [1.165, 1.54) is 37.4 Å². The molecule has 2 N–H and O–H groups in total. The molecule has 0 saturated heterocycles. The number of rotatable bonds is 6. The number of carbonyl (C=O) groups is 2. The van der Waals surface area contributed by atoms with Crippen molar-refractivity contribution < 1.29 is 28.2 Å². The van der Waals surface area contributed by atoms with Gasteiger partial charge in [0.25, 0.3) is 0 Å². The minimum absolute atomic E-state index is 0.0364. The van der Waals surface area contributed by atoms with Crippen LogP contribution in [0, 0.1) is 17.6 Å². The minimum atomic E-state index is -1.43. The van der Waals surface area contributed by atoms with Crippen molar-refractivity contribution in [3.63, 3.8) is 0 Å². The molecule has 0 bridgehead atoms. The highest BCUT2D eigenvalue weighted by molar-refractivity contribution is 6.31. The van der Waals surface area contributed by atoms with Crippen molar-refractivity contribution in [2.24, 2.45) is 5.92 Å². The number of carboxylic acids is 1. The predicted molar refractivity (Wildman–Crippen MR) is 93.7 cm³/mol. The standard InChI is InChI=1S/C19H16ClF2NO4/c1-27-15-6-5-9(7-14(15)22)17(19(25)26)23-18(24)11-8-10(11)16-12(20)3-2-4-13(16)21/h2-7,10-11,17H,8H2,1H3,(H,23,24)(H,25,26).